The number of aliphatic hydroxyl groups is 1. The molecule has 2 N–H and O–H groups in total. The zero-order valence-electron chi connectivity index (χ0n) is 10.3. The third kappa shape index (κ3) is 4.22. The van der Waals surface area contributed by atoms with E-state index in [1.165, 1.54) is 4.90 Å². The molecule has 0 aliphatic carbocycles. The lowest BCUT2D eigenvalue weighted by molar-refractivity contribution is -0.122. The number of nitrogens with zero attached hydrogens (tertiary/aromatic N) is 1. The summed E-state index contributed by atoms with van der Waals surface area (Å²) in [5.74, 6) is 0.0348. The predicted molar refractivity (Wildman–Crippen MR) is 61.4 cm³/mol. The second kappa shape index (κ2) is 6.44. The van der Waals surface area contributed by atoms with Crippen molar-refractivity contribution in [3.8, 4) is 0 Å². The van der Waals surface area contributed by atoms with Crippen molar-refractivity contribution >= 4 is 12.0 Å². The Morgan fingerprint density at radius 3 is 2.76 bits per heavy atom. The van der Waals surface area contributed by atoms with Crippen LogP contribution >= 0.6 is 0 Å². The van der Waals surface area contributed by atoms with Crippen LogP contribution in [0.3, 0.4) is 0 Å². The molecule has 1 aliphatic heterocycles. The smallest absolute Gasteiger partial charge is 0.410 e. The van der Waals surface area contributed by atoms with E-state index >= 15 is 0 Å². The van der Waals surface area contributed by atoms with Crippen LogP contribution in [0.15, 0.2) is 0 Å². The van der Waals surface area contributed by atoms with Crippen molar-refractivity contribution in [2.75, 3.05) is 26.3 Å². The predicted octanol–water partition coefficient (Wildman–Crippen LogP) is -0.0382. The standard InChI is InChI=1S/C11H20N2O4/c1-8(2)9(3-5-14)12-10(15)7-13-4-6-17-11(13)16/h8-9,14H,3-7H2,1-2H3,(H,12,15). The highest BCUT2D eigenvalue weighted by atomic mass is 16.6. The van der Waals surface area contributed by atoms with E-state index in [1.54, 1.807) is 0 Å². The summed E-state index contributed by atoms with van der Waals surface area (Å²) >= 11 is 0. The number of ether oxygens (including phenoxy) is 1. The van der Waals surface area contributed by atoms with Crippen LogP contribution in [0.4, 0.5) is 4.79 Å². The van der Waals surface area contributed by atoms with Gasteiger partial charge in [0.05, 0.1) is 6.54 Å². The van der Waals surface area contributed by atoms with Gasteiger partial charge in [0, 0.05) is 12.6 Å². The van der Waals surface area contributed by atoms with Crippen molar-refractivity contribution in [3.63, 3.8) is 0 Å². The maximum Gasteiger partial charge on any atom is 0.410 e. The molecule has 1 fully saturated rings. The van der Waals surface area contributed by atoms with Crippen LogP contribution < -0.4 is 5.32 Å². The molecule has 1 heterocycles. The summed E-state index contributed by atoms with van der Waals surface area (Å²) < 4.78 is 4.73. The molecule has 0 spiro atoms. The first kappa shape index (κ1) is 13.8. The molecule has 1 atom stereocenters. The van der Waals surface area contributed by atoms with Gasteiger partial charge in [-0.15, -0.1) is 0 Å². The van der Waals surface area contributed by atoms with Gasteiger partial charge >= 0.3 is 6.09 Å². The van der Waals surface area contributed by atoms with Gasteiger partial charge in [0.2, 0.25) is 5.91 Å². The van der Waals surface area contributed by atoms with Crippen molar-refractivity contribution in [1.82, 2.24) is 10.2 Å². The number of aliphatic hydroxyl groups excluding tert-OH is 1. The molecule has 6 nitrogen and oxygen atoms in total. The zero-order valence-corrected chi connectivity index (χ0v) is 10.3. The van der Waals surface area contributed by atoms with Crippen LogP contribution in [-0.2, 0) is 9.53 Å². The molecule has 2 amide bonds. The summed E-state index contributed by atoms with van der Waals surface area (Å²) in [6.45, 7) is 4.81. The number of carbonyl (C=O) groups is 2. The van der Waals surface area contributed by atoms with Gasteiger partial charge in [0.15, 0.2) is 0 Å². The highest BCUT2D eigenvalue weighted by Crippen LogP contribution is 2.06. The minimum atomic E-state index is -0.441. The molecular formula is C11H20N2O4. The largest absolute Gasteiger partial charge is 0.448 e. The molecule has 1 saturated heterocycles. The molecule has 0 saturated carbocycles. The number of hydrogen-bond donors (Lipinski definition) is 2. The Hall–Kier alpha value is -1.30. The third-order valence-electron chi connectivity index (χ3n) is 2.77. The van der Waals surface area contributed by atoms with E-state index in [4.69, 9.17) is 9.84 Å². The number of carbonyl (C=O) groups excluding carboxylic acids is 2. The summed E-state index contributed by atoms with van der Waals surface area (Å²) in [4.78, 5) is 24.2. The van der Waals surface area contributed by atoms with Gasteiger partial charge in [-0.05, 0) is 12.3 Å². The summed E-state index contributed by atoms with van der Waals surface area (Å²) in [7, 11) is 0. The van der Waals surface area contributed by atoms with Gasteiger partial charge in [0.25, 0.3) is 0 Å². The number of nitrogens with one attached hydrogen (secondary N) is 1. The fourth-order valence-corrected chi connectivity index (χ4v) is 1.71. The zero-order chi connectivity index (χ0) is 12.8. The normalized spacial score (nSPS) is 17.2. The minimum absolute atomic E-state index is 0.0213. The maximum absolute atomic E-state index is 11.7. The first-order chi connectivity index (χ1) is 8.04. The average Bonchev–Trinajstić information content (AvgIpc) is 2.63. The second-order valence-electron chi connectivity index (χ2n) is 4.47. The van der Waals surface area contributed by atoms with Crippen LogP contribution in [0.5, 0.6) is 0 Å². The quantitative estimate of drug-likeness (QED) is 0.687. The Morgan fingerprint density at radius 1 is 1.59 bits per heavy atom. The fraction of sp³-hybridized carbons (Fsp3) is 0.818. The van der Waals surface area contributed by atoms with Crippen LogP contribution in [0.1, 0.15) is 20.3 Å². The van der Waals surface area contributed by atoms with E-state index in [-0.39, 0.29) is 31.0 Å². The lowest BCUT2D eigenvalue weighted by Crippen LogP contribution is -2.44. The van der Waals surface area contributed by atoms with E-state index in [2.05, 4.69) is 5.32 Å². The molecule has 0 aromatic rings. The third-order valence-corrected chi connectivity index (χ3v) is 2.77. The Balaban J connectivity index is 2.39. The van der Waals surface area contributed by atoms with Gasteiger partial charge in [-0.1, -0.05) is 13.8 Å². The van der Waals surface area contributed by atoms with Crippen LogP contribution in [0.2, 0.25) is 0 Å². The number of hydrogen-bond acceptors (Lipinski definition) is 4. The first-order valence-electron chi connectivity index (χ1n) is 5.86. The first-order valence-corrected chi connectivity index (χ1v) is 5.86. The lowest BCUT2D eigenvalue weighted by atomic mass is 10.0. The molecule has 98 valence electrons. The molecule has 1 unspecified atom stereocenters. The van der Waals surface area contributed by atoms with Crippen LogP contribution in [0, 0.1) is 5.92 Å². The van der Waals surface area contributed by atoms with Gasteiger partial charge in [-0.25, -0.2) is 4.79 Å². The molecular weight excluding hydrogens is 224 g/mol. The molecule has 0 aromatic heterocycles. The number of amides is 2. The number of cyclic esters (lactones) is 1. The summed E-state index contributed by atoms with van der Waals surface area (Å²) in [6, 6.07) is -0.0638. The van der Waals surface area contributed by atoms with Gasteiger partial charge < -0.3 is 15.2 Å². The highest BCUT2D eigenvalue weighted by Gasteiger charge is 2.25. The Morgan fingerprint density at radius 2 is 2.29 bits per heavy atom. The van der Waals surface area contributed by atoms with Crippen molar-refractivity contribution in [2.24, 2.45) is 5.92 Å². The molecule has 0 bridgehead atoms. The van der Waals surface area contributed by atoms with Gasteiger partial charge in [-0.3, -0.25) is 9.69 Å². The van der Waals surface area contributed by atoms with Crippen LogP contribution in [0.25, 0.3) is 0 Å². The van der Waals surface area contributed by atoms with Gasteiger partial charge in [-0.2, -0.15) is 0 Å². The Kier molecular flexibility index (Phi) is 5.21. The summed E-state index contributed by atoms with van der Waals surface area (Å²) in [5, 5.41) is 11.7. The molecule has 17 heavy (non-hydrogen) atoms. The molecule has 1 aliphatic rings. The Bertz CT molecular complexity index is 281. The number of rotatable bonds is 6. The van der Waals surface area contributed by atoms with E-state index in [9.17, 15) is 9.59 Å². The average molecular weight is 244 g/mol. The minimum Gasteiger partial charge on any atom is -0.448 e. The van der Waals surface area contributed by atoms with E-state index in [0.29, 0.717) is 19.6 Å². The monoisotopic (exact) mass is 244 g/mol. The van der Waals surface area contributed by atoms with Crippen molar-refractivity contribution in [2.45, 2.75) is 26.3 Å². The van der Waals surface area contributed by atoms with E-state index in [0.717, 1.165) is 0 Å². The molecule has 0 aromatic carbocycles. The van der Waals surface area contributed by atoms with E-state index in [1.807, 2.05) is 13.8 Å². The summed E-state index contributed by atoms with van der Waals surface area (Å²) in [5.41, 5.74) is 0. The molecule has 6 heteroatoms. The van der Waals surface area contributed by atoms with Crippen molar-refractivity contribution in [3.05, 3.63) is 0 Å². The Labute approximate surface area is 101 Å². The maximum atomic E-state index is 11.7. The van der Waals surface area contributed by atoms with Crippen LogP contribution in [-0.4, -0.2) is 54.4 Å². The SMILES string of the molecule is CC(C)C(CCO)NC(=O)CN1CCOC1=O. The molecule has 1 rings (SSSR count). The second-order valence-corrected chi connectivity index (χ2v) is 4.47. The lowest BCUT2D eigenvalue weighted by Gasteiger charge is -2.22. The van der Waals surface area contributed by atoms with E-state index < -0.39 is 6.09 Å². The van der Waals surface area contributed by atoms with Crippen molar-refractivity contribution < 1.29 is 19.4 Å². The topological polar surface area (TPSA) is 78.9 Å². The highest BCUT2D eigenvalue weighted by molar-refractivity contribution is 5.82. The summed E-state index contributed by atoms with van der Waals surface area (Å²) in [6.07, 6.45) is 0.0804. The molecule has 0 radical (unpaired) electrons. The van der Waals surface area contributed by atoms with Gasteiger partial charge in [0.1, 0.15) is 13.2 Å². The van der Waals surface area contributed by atoms with Crippen molar-refractivity contribution in [1.29, 1.82) is 0 Å². The fourth-order valence-electron chi connectivity index (χ4n) is 1.71.